The highest BCUT2D eigenvalue weighted by molar-refractivity contribution is 5.68. The standard InChI is InChI=1S/C15H17FO3/c16-10-3-6-14(19-11-4-5-11)13(7-10)12(8-15(17)18)9-1-2-9/h3,6-7,9,11-12H,1-2,4-5,8H2,(H,17,18). The van der Waals surface area contributed by atoms with Crippen LogP contribution in [0.1, 0.15) is 43.6 Å². The van der Waals surface area contributed by atoms with Gasteiger partial charge in [-0.2, -0.15) is 0 Å². The van der Waals surface area contributed by atoms with Crippen molar-refractivity contribution >= 4 is 5.97 Å². The molecule has 0 bridgehead atoms. The van der Waals surface area contributed by atoms with Crippen LogP contribution >= 0.6 is 0 Å². The third-order valence-electron chi connectivity index (χ3n) is 3.77. The van der Waals surface area contributed by atoms with Crippen molar-refractivity contribution in [3.63, 3.8) is 0 Å². The summed E-state index contributed by atoms with van der Waals surface area (Å²) in [5.74, 6) is -0.254. The lowest BCUT2D eigenvalue weighted by atomic mass is 9.90. The molecule has 0 heterocycles. The molecule has 1 unspecified atom stereocenters. The van der Waals surface area contributed by atoms with Crippen molar-refractivity contribution < 1.29 is 19.0 Å². The molecule has 3 rings (SSSR count). The Morgan fingerprint density at radius 3 is 2.68 bits per heavy atom. The second kappa shape index (κ2) is 4.83. The summed E-state index contributed by atoms with van der Waals surface area (Å²) in [6.45, 7) is 0. The van der Waals surface area contributed by atoms with Crippen molar-refractivity contribution in [2.45, 2.75) is 44.1 Å². The van der Waals surface area contributed by atoms with Crippen LogP contribution < -0.4 is 4.74 Å². The molecular weight excluding hydrogens is 247 g/mol. The maximum Gasteiger partial charge on any atom is 0.303 e. The first kappa shape index (κ1) is 12.5. The van der Waals surface area contributed by atoms with Crippen LogP contribution in [0.5, 0.6) is 5.75 Å². The predicted molar refractivity (Wildman–Crippen MR) is 67.8 cm³/mol. The van der Waals surface area contributed by atoms with Crippen LogP contribution in [0.2, 0.25) is 0 Å². The topological polar surface area (TPSA) is 46.5 Å². The summed E-state index contributed by atoms with van der Waals surface area (Å²) in [6, 6.07) is 4.47. The number of halogens is 1. The van der Waals surface area contributed by atoms with Gasteiger partial charge in [-0.05, 0) is 49.8 Å². The molecule has 2 saturated carbocycles. The fraction of sp³-hybridized carbons (Fsp3) is 0.533. The van der Waals surface area contributed by atoms with Gasteiger partial charge in [0.05, 0.1) is 12.5 Å². The summed E-state index contributed by atoms with van der Waals surface area (Å²) in [7, 11) is 0. The summed E-state index contributed by atoms with van der Waals surface area (Å²) in [5, 5.41) is 9.04. The lowest BCUT2D eigenvalue weighted by Crippen LogP contribution is -2.11. The Balaban J connectivity index is 1.89. The van der Waals surface area contributed by atoms with E-state index in [-0.39, 0.29) is 24.3 Å². The highest BCUT2D eigenvalue weighted by atomic mass is 19.1. The summed E-state index contributed by atoms with van der Waals surface area (Å²) in [4.78, 5) is 11.0. The monoisotopic (exact) mass is 264 g/mol. The van der Waals surface area contributed by atoms with E-state index >= 15 is 0 Å². The minimum atomic E-state index is -0.835. The van der Waals surface area contributed by atoms with Gasteiger partial charge >= 0.3 is 5.97 Å². The van der Waals surface area contributed by atoms with Crippen LogP contribution in [0.4, 0.5) is 4.39 Å². The zero-order chi connectivity index (χ0) is 13.4. The van der Waals surface area contributed by atoms with Crippen molar-refractivity contribution in [3.8, 4) is 5.75 Å². The van der Waals surface area contributed by atoms with E-state index in [1.165, 1.54) is 12.1 Å². The molecule has 0 aliphatic heterocycles. The first-order valence-corrected chi connectivity index (χ1v) is 6.81. The van der Waals surface area contributed by atoms with Crippen LogP contribution in [-0.2, 0) is 4.79 Å². The maximum absolute atomic E-state index is 13.5. The molecule has 4 heteroatoms. The Bertz CT molecular complexity index is 492. The Labute approximate surface area is 111 Å². The van der Waals surface area contributed by atoms with E-state index in [0.717, 1.165) is 31.2 Å². The average molecular weight is 264 g/mol. The third kappa shape index (κ3) is 3.06. The Kier molecular flexibility index (Phi) is 3.17. The highest BCUT2D eigenvalue weighted by Gasteiger charge is 2.36. The Morgan fingerprint density at radius 1 is 1.37 bits per heavy atom. The average Bonchev–Trinajstić information content (AvgIpc) is 3.22. The van der Waals surface area contributed by atoms with Gasteiger partial charge in [0.15, 0.2) is 0 Å². The molecule has 2 aliphatic rings. The number of ether oxygens (including phenoxy) is 1. The fourth-order valence-corrected chi connectivity index (χ4v) is 2.50. The number of carboxylic acid groups (broad SMARTS) is 1. The van der Waals surface area contributed by atoms with E-state index < -0.39 is 5.97 Å². The molecule has 0 radical (unpaired) electrons. The van der Waals surface area contributed by atoms with Crippen molar-refractivity contribution in [2.75, 3.05) is 0 Å². The summed E-state index contributed by atoms with van der Waals surface area (Å²) < 4.78 is 19.3. The van der Waals surface area contributed by atoms with Gasteiger partial charge in [0, 0.05) is 11.5 Å². The molecule has 0 amide bonds. The number of hydrogen-bond donors (Lipinski definition) is 1. The molecule has 102 valence electrons. The van der Waals surface area contributed by atoms with Gasteiger partial charge in [-0.1, -0.05) is 0 Å². The minimum Gasteiger partial charge on any atom is -0.490 e. The van der Waals surface area contributed by atoms with E-state index in [1.807, 2.05) is 0 Å². The Hall–Kier alpha value is -1.58. The van der Waals surface area contributed by atoms with Crippen molar-refractivity contribution in [2.24, 2.45) is 5.92 Å². The second-order valence-corrected chi connectivity index (χ2v) is 5.54. The van der Waals surface area contributed by atoms with Gasteiger partial charge in [-0.3, -0.25) is 4.79 Å². The van der Waals surface area contributed by atoms with Crippen LogP contribution in [0, 0.1) is 11.7 Å². The molecule has 2 fully saturated rings. The van der Waals surface area contributed by atoms with E-state index in [0.29, 0.717) is 11.7 Å². The second-order valence-electron chi connectivity index (χ2n) is 5.54. The van der Waals surface area contributed by atoms with Gasteiger partial charge < -0.3 is 9.84 Å². The largest absolute Gasteiger partial charge is 0.490 e. The minimum absolute atomic E-state index is 0.0507. The molecule has 1 N–H and O–H groups in total. The summed E-state index contributed by atoms with van der Waals surface area (Å²) >= 11 is 0. The molecule has 1 aromatic carbocycles. The van der Waals surface area contributed by atoms with Gasteiger partial charge in [-0.25, -0.2) is 4.39 Å². The van der Waals surface area contributed by atoms with Crippen molar-refractivity contribution in [1.29, 1.82) is 0 Å². The van der Waals surface area contributed by atoms with E-state index in [1.54, 1.807) is 6.07 Å². The summed E-state index contributed by atoms with van der Waals surface area (Å²) in [5.41, 5.74) is 0.733. The lowest BCUT2D eigenvalue weighted by molar-refractivity contribution is -0.137. The fourth-order valence-electron chi connectivity index (χ4n) is 2.50. The molecule has 1 aromatic rings. The van der Waals surface area contributed by atoms with Crippen LogP contribution in [0.3, 0.4) is 0 Å². The molecule has 3 nitrogen and oxygen atoms in total. The van der Waals surface area contributed by atoms with E-state index in [4.69, 9.17) is 9.84 Å². The molecule has 19 heavy (non-hydrogen) atoms. The quantitative estimate of drug-likeness (QED) is 0.857. The number of rotatable bonds is 6. The summed E-state index contributed by atoms with van der Waals surface area (Å²) in [6.07, 6.45) is 4.39. The molecule has 0 spiro atoms. The van der Waals surface area contributed by atoms with E-state index in [9.17, 15) is 9.18 Å². The molecule has 0 saturated heterocycles. The Morgan fingerprint density at radius 2 is 2.11 bits per heavy atom. The maximum atomic E-state index is 13.5. The SMILES string of the molecule is O=C(O)CC(c1cc(F)ccc1OC1CC1)C1CC1. The number of hydrogen-bond acceptors (Lipinski definition) is 2. The van der Waals surface area contributed by atoms with Gasteiger partial charge in [-0.15, -0.1) is 0 Å². The highest BCUT2D eigenvalue weighted by Crippen LogP contribution is 2.47. The first-order valence-electron chi connectivity index (χ1n) is 6.81. The van der Waals surface area contributed by atoms with Crippen molar-refractivity contribution in [3.05, 3.63) is 29.6 Å². The third-order valence-corrected chi connectivity index (χ3v) is 3.77. The predicted octanol–water partition coefficient (Wildman–Crippen LogP) is 3.34. The number of carboxylic acids is 1. The smallest absolute Gasteiger partial charge is 0.303 e. The number of aliphatic carboxylic acids is 1. The number of benzene rings is 1. The molecule has 2 aliphatic carbocycles. The molecule has 0 aromatic heterocycles. The van der Waals surface area contributed by atoms with E-state index in [2.05, 4.69) is 0 Å². The zero-order valence-electron chi connectivity index (χ0n) is 10.6. The lowest BCUT2D eigenvalue weighted by Gasteiger charge is -2.19. The molecular formula is C15H17FO3. The first-order chi connectivity index (χ1) is 9.13. The van der Waals surface area contributed by atoms with Crippen molar-refractivity contribution in [1.82, 2.24) is 0 Å². The normalized spacial score (nSPS) is 20.1. The molecule has 1 atom stereocenters. The van der Waals surface area contributed by atoms with Gasteiger partial charge in [0.25, 0.3) is 0 Å². The van der Waals surface area contributed by atoms with Crippen LogP contribution in [0.15, 0.2) is 18.2 Å². The van der Waals surface area contributed by atoms with Crippen LogP contribution in [0.25, 0.3) is 0 Å². The van der Waals surface area contributed by atoms with Crippen LogP contribution in [-0.4, -0.2) is 17.2 Å². The van der Waals surface area contributed by atoms with Gasteiger partial charge in [0.1, 0.15) is 11.6 Å². The zero-order valence-corrected chi connectivity index (χ0v) is 10.6. The van der Waals surface area contributed by atoms with Gasteiger partial charge in [0.2, 0.25) is 0 Å². The number of carbonyl (C=O) groups is 1.